The van der Waals surface area contributed by atoms with Gasteiger partial charge in [-0.25, -0.2) is 0 Å². The third-order valence-electron chi connectivity index (χ3n) is 10.1. The number of rotatable bonds is 38. The van der Waals surface area contributed by atoms with Gasteiger partial charge in [0.1, 0.15) is 6.61 Å². The third-order valence-corrected chi connectivity index (χ3v) is 10.1. The topological polar surface area (TPSA) is 104 Å². The second-order valence-electron chi connectivity index (χ2n) is 14.9. The molecule has 0 rings (SSSR count). The minimum absolute atomic E-state index is 0.0429. The first-order valence-corrected chi connectivity index (χ1v) is 20.5. The first kappa shape index (κ1) is 45.9. The van der Waals surface area contributed by atoms with Crippen molar-refractivity contribution >= 4 is 11.9 Å². The molecule has 0 bridgehead atoms. The van der Waals surface area contributed by atoms with Gasteiger partial charge >= 0.3 is 11.9 Å². The van der Waals surface area contributed by atoms with Crippen molar-refractivity contribution in [3.8, 4) is 0 Å². The van der Waals surface area contributed by atoms with Crippen LogP contribution in [-0.2, 0) is 14.3 Å². The Bertz CT molecular complexity index is 677. The number of carbonyl (C=O) groups is 2. The van der Waals surface area contributed by atoms with Crippen LogP contribution in [0.5, 0.6) is 0 Å². The molecule has 47 heavy (non-hydrogen) atoms. The van der Waals surface area contributed by atoms with Gasteiger partial charge in [-0.3, -0.25) is 9.59 Å². The molecular weight excluding hydrogens is 588 g/mol. The molecule has 0 aromatic heterocycles. The summed E-state index contributed by atoms with van der Waals surface area (Å²) in [4.78, 5) is 23.5. The number of aliphatic carboxylic acids is 1. The van der Waals surface area contributed by atoms with Crippen LogP contribution in [0.25, 0.3) is 0 Å². The van der Waals surface area contributed by atoms with Crippen molar-refractivity contribution in [1.29, 1.82) is 0 Å². The van der Waals surface area contributed by atoms with Crippen LogP contribution < -0.4 is 0 Å². The normalized spacial score (nSPS) is 12.4. The number of unbranched alkanes of at least 4 members (excludes halogenated alkanes) is 24. The maximum atomic E-state index is 12.5. The SMILES string of the molecule is CCCCCCCCCCCCCCCCCC(=O)OCC(CO)(CO)CC(CCCCCCCCCCCC)CCCCC(=O)O. The van der Waals surface area contributed by atoms with E-state index < -0.39 is 11.4 Å². The molecule has 0 radical (unpaired) electrons. The van der Waals surface area contributed by atoms with Gasteiger partial charge in [0.15, 0.2) is 0 Å². The largest absolute Gasteiger partial charge is 0.481 e. The van der Waals surface area contributed by atoms with Gasteiger partial charge in [-0.2, -0.15) is 0 Å². The molecule has 0 aliphatic carbocycles. The summed E-state index contributed by atoms with van der Waals surface area (Å²) in [6, 6.07) is 0. The van der Waals surface area contributed by atoms with Crippen LogP contribution in [0.15, 0.2) is 0 Å². The summed E-state index contributed by atoms with van der Waals surface area (Å²) in [5, 5.41) is 29.7. The fourth-order valence-electron chi connectivity index (χ4n) is 6.87. The molecule has 1 atom stereocenters. The molecule has 0 aromatic carbocycles. The Hall–Kier alpha value is -1.14. The molecule has 6 nitrogen and oxygen atoms in total. The Balaban J connectivity index is 4.30. The highest BCUT2D eigenvalue weighted by Crippen LogP contribution is 2.33. The van der Waals surface area contributed by atoms with Crippen molar-refractivity contribution in [2.75, 3.05) is 19.8 Å². The highest BCUT2D eigenvalue weighted by Gasteiger charge is 2.33. The molecule has 6 heteroatoms. The summed E-state index contributed by atoms with van der Waals surface area (Å²) in [5.41, 5.74) is -0.847. The van der Waals surface area contributed by atoms with Gasteiger partial charge in [0, 0.05) is 12.8 Å². The molecule has 0 heterocycles. The Morgan fingerprint density at radius 3 is 1.23 bits per heavy atom. The van der Waals surface area contributed by atoms with E-state index in [-0.39, 0.29) is 38.1 Å². The van der Waals surface area contributed by atoms with Crippen LogP contribution in [0.4, 0.5) is 0 Å². The summed E-state index contributed by atoms with van der Waals surface area (Å²) >= 11 is 0. The summed E-state index contributed by atoms with van der Waals surface area (Å²) in [6.07, 6.45) is 36.5. The van der Waals surface area contributed by atoms with E-state index in [0.29, 0.717) is 19.3 Å². The molecule has 0 fully saturated rings. The van der Waals surface area contributed by atoms with E-state index in [2.05, 4.69) is 13.8 Å². The zero-order valence-electron chi connectivity index (χ0n) is 31.4. The molecule has 3 N–H and O–H groups in total. The van der Waals surface area contributed by atoms with E-state index in [4.69, 9.17) is 9.84 Å². The van der Waals surface area contributed by atoms with Gasteiger partial charge in [0.25, 0.3) is 0 Å². The van der Waals surface area contributed by atoms with Crippen molar-refractivity contribution in [3.63, 3.8) is 0 Å². The number of carbonyl (C=O) groups excluding carboxylic acids is 1. The molecule has 1 unspecified atom stereocenters. The lowest BCUT2D eigenvalue weighted by Gasteiger charge is -2.33. The van der Waals surface area contributed by atoms with Crippen molar-refractivity contribution in [3.05, 3.63) is 0 Å². The van der Waals surface area contributed by atoms with Crippen LogP contribution in [0.2, 0.25) is 0 Å². The quantitative estimate of drug-likeness (QED) is 0.0447. The third kappa shape index (κ3) is 30.6. The molecular formula is C41H80O6. The zero-order chi connectivity index (χ0) is 34.7. The summed E-state index contributed by atoms with van der Waals surface area (Å²) in [7, 11) is 0. The Kier molecular flexibility index (Phi) is 33.9. The van der Waals surface area contributed by atoms with Crippen molar-refractivity contribution in [1.82, 2.24) is 0 Å². The fraction of sp³-hybridized carbons (Fsp3) is 0.951. The first-order valence-electron chi connectivity index (χ1n) is 20.5. The van der Waals surface area contributed by atoms with Gasteiger partial charge in [-0.15, -0.1) is 0 Å². The Morgan fingerprint density at radius 2 is 0.851 bits per heavy atom. The number of aliphatic hydroxyl groups excluding tert-OH is 2. The molecule has 0 aliphatic rings. The van der Waals surface area contributed by atoms with Gasteiger partial charge in [0.2, 0.25) is 0 Å². The molecule has 0 saturated heterocycles. The van der Waals surface area contributed by atoms with E-state index in [1.807, 2.05) is 0 Å². The number of carboxylic acids is 1. The molecule has 0 aliphatic heterocycles. The molecule has 0 amide bonds. The standard InChI is InChI=1S/C41H80O6/c1-3-5-7-9-11-13-15-16-17-18-19-21-23-25-27-33-40(46)47-37-41(35-42,36-43)34-38(31-28-29-32-39(44)45)30-26-24-22-20-14-12-10-8-6-4-2/h38,42-43H,3-37H2,1-2H3,(H,44,45). The summed E-state index contributed by atoms with van der Waals surface area (Å²) < 4.78 is 5.63. The number of hydrogen-bond donors (Lipinski definition) is 3. The average Bonchev–Trinajstić information content (AvgIpc) is 3.07. The van der Waals surface area contributed by atoms with Crippen LogP contribution in [0.1, 0.15) is 219 Å². The van der Waals surface area contributed by atoms with Gasteiger partial charge in [0.05, 0.1) is 18.6 Å². The number of esters is 1. The van der Waals surface area contributed by atoms with Gasteiger partial charge in [-0.05, 0) is 25.2 Å². The molecule has 0 spiro atoms. The second kappa shape index (κ2) is 34.7. The lowest BCUT2D eigenvalue weighted by Crippen LogP contribution is -2.38. The summed E-state index contributed by atoms with van der Waals surface area (Å²) in [5.74, 6) is -0.734. The molecule has 0 saturated carbocycles. The lowest BCUT2D eigenvalue weighted by atomic mass is 9.77. The highest BCUT2D eigenvalue weighted by molar-refractivity contribution is 5.69. The maximum Gasteiger partial charge on any atom is 0.305 e. The van der Waals surface area contributed by atoms with Crippen LogP contribution >= 0.6 is 0 Å². The van der Waals surface area contributed by atoms with E-state index in [1.165, 1.54) is 135 Å². The van der Waals surface area contributed by atoms with E-state index in [1.54, 1.807) is 0 Å². The summed E-state index contributed by atoms with van der Waals surface area (Å²) in [6.45, 7) is 4.12. The van der Waals surface area contributed by atoms with E-state index in [9.17, 15) is 19.8 Å². The van der Waals surface area contributed by atoms with Gasteiger partial charge < -0.3 is 20.1 Å². The minimum atomic E-state index is -0.847. The predicted molar refractivity (Wildman–Crippen MR) is 198 cm³/mol. The smallest absolute Gasteiger partial charge is 0.305 e. The highest BCUT2D eigenvalue weighted by atomic mass is 16.5. The second-order valence-corrected chi connectivity index (χ2v) is 14.9. The predicted octanol–water partition coefficient (Wildman–Crippen LogP) is 11.7. The van der Waals surface area contributed by atoms with Crippen molar-refractivity contribution in [2.45, 2.75) is 219 Å². The van der Waals surface area contributed by atoms with E-state index in [0.717, 1.165) is 44.9 Å². The fourth-order valence-corrected chi connectivity index (χ4v) is 6.87. The zero-order valence-corrected chi connectivity index (χ0v) is 31.4. The van der Waals surface area contributed by atoms with Crippen LogP contribution in [0.3, 0.4) is 0 Å². The number of hydrogen-bond acceptors (Lipinski definition) is 5. The number of ether oxygens (including phenoxy) is 1. The van der Waals surface area contributed by atoms with Crippen molar-refractivity contribution < 1.29 is 29.6 Å². The van der Waals surface area contributed by atoms with Crippen LogP contribution in [0, 0.1) is 11.3 Å². The Labute approximate surface area is 291 Å². The molecule has 280 valence electrons. The first-order chi connectivity index (χ1) is 22.9. The number of carboxylic acid groups (broad SMARTS) is 1. The van der Waals surface area contributed by atoms with Gasteiger partial charge in [-0.1, -0.05) is 187 Å². The molecule has 0 aromatic rings. The lowest BCUT2D eigenvalue weighted by molar-refractivity contribution is -0.150. The monoisotopic (exact) mass is 669 g/mol. The Morgan fingerprint density at radius 1 is 0.511 bits per heavy atom. The maximum absolute atomic E-state index is 12.5. The van der Waals surface area contributed by atoms with Crippen molar-refractivity contribution in [2.24, 2.45) is 11.3 Å². The van der Waals surface area contributed by atoms with E-state index >= 15 is 0 Å². The average molecular weight is 669 g/mol. The number of aliphatic hydroxyl groups is 2. The van der Waals surface area contributed by atoms with Crippen LogP contribution in [-0.4, -0.2) is 47.1 Å². The minimum Gasteiger partial charge on any atom is -0.481 e.